The maximum Gasteiger partial charge on any atom is 0.244 e. The van der Waals surface area contributed by atoms with Crippen molar-refractivity contribution in [2.45, 2.75) is 30.2 Å². The highest BCUT2D eigenvalue weighted by Crippen LogP contribution is 2.29. The van der Waals surface area contributed by atoms with Crippen LogP contribution in [-0.4, -0.2) is 45.4 Å². The van der Waals surface area contributed by atoms with Crippen LogP contribution in [0.2, 0.25) is 0 Å². The van der Waals surface area contributed by atoms with Crippen molar-refractivity contribution in [3.8, 4) is 0 Å². The predicted molar refractivity (Wildman–Crippen MR) is 81.4 cm³/mol. The molecule has 1 saturated heterocycles. The molecule has 1 fully saturated rings. The van der Waals surface area contributed by atoms with E-state index in [0.717, 1.165) is 25.9 Å². The molecular formula is C14H23N3O2S. The van der Waals surface area contributed by atoms with Crippen LogP contribution in [0.5, 0.6) is 0 Å². The van der Waals surface area contributed by atoms with Gasteiger partial charge < -0.3 is 10.6 Å². The molecule has 0 atom stereocenters. The van der Waals surface area contributed by atoms with Gasteiger partial charge in [0.15, 0.2) is 0 Å². The molecule has 0 saturated carbocycles. The van der Waals surface area contributed by atoms with Crippen LogP contribution in [-0.2, 0) is 10.0 Å². The first kappa shape index (κ1) is 15.3. The summed E-state index contributed by atoms with van der Waals surface area (Å²) in [6, 6.07) is 7.11. The Bertz CT molecular complexity index is 564. The zero-order chi connectivity index (χ0) is 14.8. The van der Waals surface area contributed by atoms with E-state index in [1.54, 1.807) is 26.2 Å². The average Bonchev–Trinajstić information content (AvgIpc) is 2.39. The minimum atomic E-state index is -3.43. The second-order valence-corrected chi connectivity index (χ2v) is 7.84. The van der Waals surface area contributed by atoms with E-state index in [1.807, 2.05) is 12.1 Å². The van der Waals surface area contributed by atoms with E-state index in [-0.39, 0.29) is 5.54 Å². The number of hydrogen-bond acceptors (Lipinski definition) is 4. The van der Waals surface area contributed by atoms with Gasteiger partial charge in [-0.1, -0.05) is 12.1 Å². The topological polar surface area (TPSA) is 61.4 Å². The van der Waals surface area contributed by atoms with E-state index in [1.165, 1.54) is 4.31 Å². The van der Waals surface area contributed by atoms with Crippen LogP contribution in [0, 0.1) is 0 Å². The number of rotatable bonds is 4. The fraction of sp³-hybridized carbons (Fsp3) is 0.571. The fourth-order valence-corrected chi connectivity index (χ4v) is 3.46. The van der Waals surface area contributed by atoms with Crippen molar-refractivity contribution in [2.24, 2.45) is 0 Å². The molecule has 2 rings (SSSR count). The first-order valence-corrected chi connectivity index (χ1v) is 8.30. The molecule has 6 heteroatoms. The van der Waals surface area contributed by atoms with E-state index in [0.29, 0.717) is 10.6 Å². The van der Waals surface area contributed by atoms with Gasteiger partial charge in [-0.3, -0.25) is 0 Å². The van der Waals surface area contributed by atoms with E-state index in [9.17, 15) is 8.42 Å². The smallest absolute Gasteiger partial charge is 0.244 e. The number of sulfonamides is 1. The SMILES string of the molecule is CN(C)S(=O)(=O)c1ccccc1NC1(C)CCNCC1. The van der Waals surface area contributed by atoms with Gasteiger partial charge >= 0.3 is 0 Å². The average molecular weight is 297 g/mol. The molecule has 1 aromatic carbocycles. The minimum absolute atomic E-state index is 0.0663. The van der Waals surface area contributed by atoms with E-state index in [4.69, 9.17) is 0 Å². The van der Waals surface area contributed by atoms with Crippen molar-refractivity contribution in [1.29, 1.82) is 0 Å². The maximum absolute atomic E-state index is 12.4. The van der Waals surface area contributed by atoms with Crippen LogP contribution in [0.4, 0.5) is 5.69 Å². The molecule has 1 aromatic rings. The molecule has 0 spiro atoms. The van der Waals surface area contributed by atoms with Crippen molar-refractivity contribution < 1.29 is 8.42 Å². The highest BCUT2D eigenvalue weighted by Gasteiger charge is 2.29. The zero-order valence-electron chi connectivity index (χ0n) is 12.3. The first-order valence-electron chi connectivity index (χ1n) is 6.86. The lowest BCUT2D eigenvalue weighted by atomic mass is 9.90. The quantitative estimate of drug-likeness (QED) is 0.884. The Labute approximate surface area is 121 Å². The van der Waals surface area contributed by atoms with Gasteiger partial charge in [0.25, 0.3) is 0 Å². The molecule has 0 amide bonds. The summed E-state index contributed by atoms with van der Waals surface area (Å²) in [5, 5.41) is 6.76. The molecule has 0 bridgehead atoms. The van der Waals surface area contributed by atoms with Crippen molar-refractivity contribution in [3.63, 3.8) is 0 Å². The third-order valence-corrected chi connectivity index (χ3v) is 5.66. The van der Waals surface area contributed by atoms with Gasteiger partial charge in [-0.2, -0.15) is 0 Å². The van der Waals surface area contributed by atoms with Crippen LogP contribution in [0.3, 0.4) is 0 Å². The number of piperidine rings is 1. The Hall–Kier alpha value is -1.11. The first-order chi connectivity index (χ1) is 9.35. The summed E-state index contributed by atoms with van der Waals surface area (Å²) < 4.78 is 26.0. The molecule has 0 aliphatic carbocycles. The Morgan fingerprint density at radius 1 is 1.20 bits per heavy atom. The van der Waals surface area contributed by atoms with Crippen molar-refractivity contribution in [1.82, 2.24) is 9.62 Å². The van der Waals surface area contributed by atoms with E-state index < -0.39 is 10.0 Å². The van der Waals surface area contributed by atoms with Crippen LogP contribution in [0.15, 0.2) is 29.2 Å². The van der Waals surface area contributed by atoms with Crippen LogP contribution in [0.1, 0.15) is 19.8 Å². The van der Waals surface area contributed by atoms with E-state index >= 15 is 0 Å². The highest BCUT2D eigenvalue weighted by atomic mass is 32.2. The lowest BCUT2D eigenvalue weighted by Crippen LogP contribution is -2.45. The molecule has 112 valence electrons. The Morgan fingerprint density at radius 2 is 1.80 bits per heavy atom. The van der Waals surface area contributed by atoms with Crippen molar-refractivity contribution in [3.05, 3.63) is 24.3 Å². The van der Waals surface area contributed by atoms with Gasteiger partial charge in [0.2, 0.25) is 10.0 Å². The van der Waals surface area contributed by atoms with Crippen LogP contribution in [0.25, 0.3) is 0 Å². The molecule has 1 heterocycles. The number of hydrogen-bond donors (Lipinski definition) is 2. The number of benzene rings is 1. The summed E-state index contributed by atoms with van der Waals surface area (Å²) in [5.41, 5.74) is 0.619. The second-order valence-electron chi connectivity index (χ2n) is 5.72. The minimum Gasteiger partial charge on any atom is -0.379 e. The molecule has 2 N–H and O–H groups in total. The monoisotopic (exact) mass is 297 g/mol. The lowest BCUT2D eigenvalue weighted by molar-refractivity contribution is 0.364. The van der Waals surface area contributed by atoms with Crippen molar-refractivity contribution in [2.75, 3.05) is 32.5 Å². The molecule has 1 aliphatic heterocycles. The number of para-hydroxylation sites is 1. The predicted octanol–water partition coefficient (Wildman–Crippen LogP) is 1.49. The van der Waals surface area contributed by atoms with Gasteiger partial charge in [-0.25, -0.2) is 12.7 Å². The van der Waals surface area contributed by atoms with Gasteiger partial charge in [0, 0.05) is 19.6 Å². The fourth-order valence-electron chi connectivity index (χ4n) is 2.42. The van der Waals surface area contributed by atoms with Crippen LogP contribution < -0.4 is 10.6 Å². The summed E-state index contributed by atoms with van der Waals surface area (Å²) >= 11 is 0. The number of nitrogens with zero attached hydrogens (tertiary/aromatic N) is 1. The van der Waals surface area contributed by atoms with Gasteiger partial charge in [-0.15, -0.1) is 0 Å². The van der Waals surface area contributed by atoms with Crippen LogP contribution >= 0.6 is 0 Å². The second kappa shape index (κ2) is 5.71. The summed E-state index contributed by atoms with van der Waals surface area (Å²) in [7, 11) is -0.322. The molecule has 20 heavy (non-hydrogen) atoms. The lowest BCUT2D eigenvalue weighted by Gasteiger charge is -2.36. The third kappa shape index (κ3) is 3.13. The summed E-state index contributed by atoms with van der Waals surface area (Å²) in [5.74, 6) is 0. The largest absolute Gasteiger partial charge is 0.379 e. The third-order valence-electron chi connectivity index (χ3n) is 3.79. The van der Waals surface area contributed by atoms with E-state index in [2.05, 4.69) is 17.6 Å². The molecular weight excluding hydrogens is 274 g/mol. The Morgan fingerprint density at radius 3 is 2.40 bits per heavy atom. The molecule has 0 unspecified atom stereocenters. The van der Waals surface area contributed by atoms with Gasteiger partial charge in [0.1, 0.15) is 4.90 Å². The number of nitrogens with one attached hydrogen (secondary N) is 2. The summed E-state index contributed by atoms with van der Waals surface area (Å²) in [6.45, 7) is 4.05. The summed E-state index contributed by atoms with van der Waals surface area (Å²) in [4.78, 5) is 0.338. The number of anilines is 1. The van der Waals surface area contributed by atoms with Gasteiger partial charge in [-0.05, 0) is 45.0 Å². The Kier molecular flexibility index (Phi) is 4.36. The zero-order valence-corrected chi connectivity index (χ0v) is 13.1. The molecule has 5 nitrogen and oxygen atoms in total. The Balaban J connectivity index is 2.34. The normalized spacial score (nSPS) is 19.0. The van der Waals surface area contributed by atoms with Gasteiger partial charge in [0.05, 0.1) is 5.69 Å². The molecule has 0 radical (unpaired) electrons. The standard InChI is InChI=1S/C14H23N3O2S/c1-14(8-10-15-11-9-14)16-12-6-4-5-7-13(12)20(18,19)17(2)3/h4-7,15-16H,8-11H2,1-3H3. The summed E-state index contributed by atoms with van der Waals surface area (Å²) in [6.07, 6.45) is 1.95. The molecule has 1 aliphatic rings. The maximum atomic E-state index is 12.4. The van der Waals surface area contributed by atoms with Crippen molar-refractivity contribution >= 4 is 15.7 Å². The highest BCUT2D eigenvalue weighted by molar-refractivity contribution is 7.89. The molecule has 0 aromatic heterocycles.